The minimum Gasteiger partial charge on any atom is -0.496 e. The summed E-state index contributed by atoms with van der Waals surface area (Å²) in [6.45, 7) is 16.1. The molecule has 3 aromatic heterocycles. The highest BCUT2D eigenvalue weighted by atomic mass is 16.6. The van der Waals surface area contributed by atoms with Crippen LogP contribution in [0.3, 0.4) is 0 Å². The number of ether oxygens (including phenoxy) is 13. The van der Waals surface area contributed by atoms with Crippen molar-refractivity contribution in [1.29, 1.82) is 0 Å². The minimum absolute atomic E-state index is 0.0250. The molecular weight excluding hydrogens is 1540 g/mol. The van der Waals surface area contributed by atoms with Crippen molar-refractivity contribution in [2.24, 2.45) is 0 Å². The number of methoxy groups -OCH3 is 2. The average Bonchev–Trinajstić information content (AvgIpc) is 1.63. The second-order valence-corrected chi connectivity index (χ2v) is 29.9. The van der Waals surface area contributed by atoms with Gasteiger partial charge in [-0.25, -0.2) is 0 Å². The Kier molecular flexibility index (Phi) is 22.3. The Bertz CT molecular complexity index is 6320. The number of rotatable bonds is 28. The third-order valence-corrected chi connectivity index (χ3v) is 21.0. The van der Waals surface area contributed by atoms with Crippen LogP contribution in [0.2, 0.25) is 0 Å². The number of aryl methyl sites for hydroxylation is 2. The third-order valence-electron chi connectivity index (χ3n) is 21.0. The van der Waals surface area contributed by atoms with E-state index in [1.165, 1.54) is 5.56 Å². The lowest BCUT2D eigenvalue weighted by molar-refractivity contribution is 0.366. The summed E-state index contributed by atoms with van der Waals surface area (Å²) in [4.78, 5) is 0. The lowest BCUT2D eigenvalue weighted by atomic mass is 10.1. The third kappa shape index (κ3) is 18.1. The van der Waals surface area contributed by atoms with E-state index in [4.69, 9.17) is 74.8 Å². The van der Waals surface area contributed by atoms with E-state index in [1.54, 1.807) is 14.2 Å². The Morgan fingerprint density at radius 1 is 0.246 bits per heavy atom. The van der Waals surface area contributed by atoms with Gasteiger partial charge in [0.15, 0.2) is 0 Å². The van der Waals surface area contributed by atoms with Gasteiger partial charge in [-0.3, -0.25) is 0 Å². The lowest BCUT2D eigenvalue weighted by Gasteiger charge is -2.15. The summed E-state index contributed by atoms with van der Waals surface area (Å²) >= 11 is 0. The van der Waals surface area contributed by atoms with Crippen LogP contribution in [0.15, 0.2) is 280 Å². The van der Waals surface area contributed by atoms with Gasteiger partial charge in [0.25, 0.3) is 0 Å². The van der Waals surface area contributed by atoms with Crippen LogP contribution in [0.25, 0.3) is 80.9 Å². The molecule has 7 heterocycles. The molecule has 0 aliphatic carbocycles. The average molecular weight is 1630 g/mol. The Morgan fingerprint density at radius 2 is 0.459 bits per heavy atom. The maximum absolute atomic E-state index is 6.49. The van der Waals surface area contributed by atoms with E-state index in [0.29, 0.717) is 116 Å². The molecule has 19 rings (SSSR count). The lowest BCUT2D eigenvalue weighted by Crippen LogP contribution is -1.96. The molecule has 0 amide bonds. The van der Waals surface area contributed by atoms with Crippen molar-refractivity contribution in [2.75, 3.05) is 14.2 Å². The number of allylic oxidation sites excluding steroid dienone is 2. The van der Waals surface area contributed by atoms with Crippen LogP contribution < -0.4 is 42.6 Å². The van der Waals surface area contributed by atoms with Crippen LogP contribution in [0.4, 0.5) is 0 Å². The molecule has 22 heteroatoms. The van der Waals surface area contributed by atoms with E-state index in [0.717, 1.165) is 83.8 Å². The minimum atomic E-state index is -0.148. The standard InChI is InChI=1S/C66H54N4O10.C34H30N2O6/c1-7-9-46-35-51(27-31-57(46)71-6)74-52-28-32-58(47(36-52)10-8-2)76-48-21-15-43(16-22-48)65-69-70-66(80-65)45-19-25-50(26-20-45)78-60-34-30-54(38-56(60)62-41(5)73-62)75-53-29-33-59(55(37-53)61-40(4)72-61)77-49-23-17-44(18-24-49)64-68-67-63(79-64)42-13-11-39(3)12-14-42;1-19-5-7-22(8-6-19)33-35-36-34(42-33)23-9-11-24(12-10-23)41-30-16-14-26(18-28(30)32-21(3)39-32)40-25-13-15-29(37-4)27(17-25)31-20(2)38-31/h7-38,40-41,61-62H,1-6H3;5-18,20-21,31-32H,1-4H3/b9-7+,10-8+;. The maximum Gasteiger partial charge on any atom is 0.248 e. The van der Waals surface area contributed by atoms with Gasteiger partial charge in [0, 0.05) is 66.8 Å². The van der Waals surface area contributed by atoms with E-state index < -0.39 is 0 Å². The molecule has 122 heavy (non-hydrogen) atoms. The van der Waals surface area contributed by atoms with Crippen molar-refractivity contribution in [1.82, 2.24) is 30.6 Å². The highest BCUT2D eigenvalue weighted by Gasteiger charge is 2.42. The first-order valence-corrected chi connectivity index (χ1v) is 40.2. The summed E-state index contributed by atoms with van der Waals surface area (Å²) in [6, 6.07) is 80.6. The van der Waals surface area contributed by atoms with Gasteiger partial charge in [0.05, 0.1) is 38.6 Å². The van der Waals surface area contributed by atoms with Gasteiger partial charge in [-0.15, -0.1) is 30.6 Å². The molecule has 0 bridgehead atoms. The molecule has 4 saturated heterocycles. The summed E-state index contributed by atoms with van der Waals surface area (Å²) in [7, 11) is 3.32. The fraction of sp³-hybridized carbons (Fsp3) is 0.180. The molecule has 12 aromatic carbocycles. The highest BCUT2D eigenvalue weighted by Crippen LogP contribution is 2.51. The molecule has 610 valence electrons. The smallest absolute Gasteiger partial charge is 0.248 e. The van der Waals surface area contributed by atoms with Gasteiger partial charge in [-0.1, -0.05) is 59.7 Å². The number of aromatic nitrogens is 6. The predicted octanol–water partition coefficient (Wildman–Crippen LogP) is 25.6. The normalized spacial score (nSPS) is 17.9. The zero-order valence-electron chi connectivity index (χ0n) is 68.4. The van der Waals surface area contributed by atoms with Crippen molar-refractivity contribution >= 4 is 12.2 Å². The second-order valence-electron chi connectivity index (χ2n) is 29.9. The molecule has 4 fully saturated rings. The van der Waals surface area contributed by atoms with Crippen LogP contribution in [0.5, 0.6) is 92.0 Å². The topological polar surface area (TPSA) is 250 Å². The van der Waals surface area contributed by atoms with Crippen LogP contribution >= 0.6 is 0 Å². The van der Waals surface area contributed by atoms with E-state index in [1.807, 2.05) is 334 Å². The number of hydrogen-bond donors (Lipinski definition) is 0. The van der Waals surface area contributed by atoms with Crippen LogP contribution in [0, 0.1) is 13.8 Å². The highest BCUT2D eigenvalue weighted by molar-refractivity contribution is 5.67. The first-order chi connectivity index (χ1) is 59.6. The molecule has 8 unspecified atom stereocenters. The SMILES string of the molecule is C/C=C/c1cc(Oc2ccc(Oc3ccc(-c4nnc(-c5ccc(Oc6ccc(Oc7ccc(Oc8ccc(-c9nnc(-c%10ccc(C)cc%10)o9)cc8)c(C8OC8C)c7)cc6C6OC6C)cc5)o4)cc3)c(/C=C/C)c2)ccc1OC.COc1ccc(Oc2ccc(Oc3ccc(-c4nnc(-c5ccc(C)cc5)o4)cc3)c(C3OC3C)c2)cc1C1OC1C. The van der Waals surface area contributed by atoms with Gasteiger partial charge in [-0.2, -0.15) is 0 Å². The van der Waals surface area contributed by atoms with Crippen LogP contribution in [0.1, 0.15) is 110 Å². The van der Waals surface area contributed by atoms with E-state index in [2.05, 4.69) is 30.6 Å². The second kappa shape index (κ2) is 34.5. The summed E-state index contributed by atoms with van der Waals surface area (Å²) in [5.41, 5.74) is 12.6. The first kappa shape index (κ1) is 78.7. The van der Waals surface area contributed by atoms with Gasteiger partial charge < -0.3 is 74.8 Å². The monoisotopic (exact) mass is 1620 g/mol. The summed E-state index contributed by atoms with van der Waals surface area (Å²) in [5, 5.41) is 25.7. The summed E-state index contributed by atoms with van der Waals surface area (Å²) in [6.07, 6.45) is 7.90. The zero-order valence-corrected chi connectivity index (χ0v) is 68.4. The summed E-state index contributed by atoms with van der Waals surface area (Å²) < 4.78 is 97.0. The Labute approximate surface area is 704 Å². The van der Waals surface area contributed by atoms with Gasteiger partial charge in [0.2, 0.25) is 35.3 Å². The number of epoxide rings is 4. The Morgan fingerprint density at radius 3 is 0.721 bits per heavy atom. The van der Waals surface area contributed by atoms with Crippen molar-refractivity contribution in [3.05, 3.63) is 311 Å². The van der Waals surface area contributed by atoms with Crippen molar-refractivity contribution in [3.8, 4) is 161 Å². The Hall–Kier alpha value is -14.4. The molecule has 22 nitrogen and oxygen atoms in total. The first-order valence-electron chi connectivity index (χ1n) is 40.2. The Balaban J connectivity index is 0.000000202. The largest absolute Gasteiger partial charge is 0.496 e. The van der Waals surface area contributed by atoms with E-state index >= 15 is 0 Å². The van der Waals surface area contributed by atoms with Crippen LogP contribution in [-0.4, -0.2) is 69.2 Å². The van der Waals surface area contributed by atoms with Gasteiger partial charge in [0.1, 0.15) is 116 Å². The number of nitrogens with zero attached hydrogens (tertiary/aromatic N) is 6. The van der Waals surface area contributed by atoms with E-state index in [-0.39, 0.29) is 48.8 Å². The number of hydrogen-bond acceptors (Lipinski definition) is 22. The fourth-order valence-electron chi connectivity index (χ4n) is 14.2. The quantitative estimate of drug-likeness (QED) is 0.0413. The van der Waals surface area contributed by atoms with Crippen molar-refractivity contribution in [3.63, 3.8) is 0 Å². The summed E-state index contributed by atoms with van der Waals surface area (Å²) in [5.74, 6) is 13.5. The van der Waals surface area contributed by atoms with E-state index in [9.17, 15) is 0 Å². The number of benzene rings is 12. The maximum atomic E-state index is 6.49. The molecular formula is C100H84N6O16. The molecule has 4 aliphatic rings. The molecule has 0 spiro atoms. The van der Waals surface area contributed by atoms with Gasteiger partial charge in [-0.05, 0) is 286 Å². The molecule has 15 aromatic rings. The van der Waals surface area contributed by atoms with Crippen molar-refractivity contribution in [2.45, 2.75) is 104 Å². The fourth-order valence-corrected chi connectivity index (χ4v) is 14.2. The molecule has 0 N–H and O–H groups in total. The molecule has 4 aliphatic heterocycles. The molecule has 0 radical (unpaired) electrons. The molecule has 8 atom stereocenters. The predicted molar refractivity (Wildman–Crippen MR) is 460 cm³/mol. The van der Waals surface area contributed by atoms with Crippen molar-refractivity contribution < 1.29 is 74.8 Å². The van der Waals surface area contributed by atoms with Crippen LogP contribution in [-0.2, 0) is 18.9 Å². The van der Waals surface area contributed by atoms with Gasteiger partial charge >= 0.3 is 0 Å². The zero-order chi connectivity index (χ0) is 83.5. The molecule has 0 saturated carbocycles.